The predicted molar refractivity (Wildman–Crippen MR) is 103 cm³/mol. The van der Waals surface area contributed by atoms with E-state index in [1.54, 1.807) is 13.3 Å². The topological polar surface area (TPSA) is 53.9 Å². The number of piperidine rings is 1. The molecule has 1 aliphatic rings. The van der Waals surface area contributed by atoms with Gasteiger partial charge >= 0.3 is 0 Å². The molecule has 1 heterocycles. The van der Waals surface area contributed by atoms with Crippen LogP contribution in [0, 0.1) is 0 Å². The van der Waals surface area contributed by atoms with E-state index in [1.807, 2.05) is 54.6 Å². The van der Waals surface area contributed by atoms with E-state index in [-0.39, 0.29) is 11.9 Å². The normalized spacial score (nSPS) is 16.3. The number of hydrogen-bond acceptors (Lipinski definition) is 4. The summed E-state index contributed by atoms with van der Waals surface area (Å²) in [6, 6.07) is 17.1. The number of ether oxygens (including phenoxy) is 1. The van der Waals surface area contributed by atoms with Crippen molar-refractivity contribution in [3.8, 4) is 5.75 Å². The standard InChI is InChI=1S/C21H25N3O2/c1-26-19-12-10-17(11-13-19)16-22-23-21(25)20(18-8-4-2-5-9-18)24-14-6-3-7-15-24/h2,4-5,8-13,16,20H,3,6-7,14-15H2,1H3,(H,23,25)/b22-16+/t20-/m0/s1. The Hall–Kier alpha value is -2.66. The van der Waals surface area contributed by atoms with Crippen LogP contribution in [0.2, 0.25) is 0 Å². The molecule has 0 spiro atoms. The van der Waals surface area contributed by atoms with Crippen LogP contribution in [0.5, 0.6) is 5.75 Å². The lowest BCUT2D eigenvalue weighted by Crippen LogP contribution is -2.41. The average molecular weight is 351 g/mol. The predicted octanol–water partition coefficient (Wildman–Crippen LogP) is 3.37. The Morgan fingerprint density at radius 3 is 2.42 bits per heavy atom. The van der Waals surface area contributed by atoms with Crippen LogP contribution in [-0.4, -0.2) is 37.2 Å². The summed E-state index contributed by atoms with van der Waals surface area (Å²) < 4.78 is 5.14. The minimum Gasteiger partial charge on any atom is -0.497 e. The molecule has 0 aromatic heterocycles. The van der Waals surface area contributed by atoms with Crippen molar-refractivity contribution in [2.45, 2.75) is 25.3 Å². The van der Waals surface area contributed by atoms with Gasteiger partial charge in [-0.3, -0.25) is 9.69 Å². The monoisotopic (exact) mass is 351 g/mol. The van der Waals surface area contributed by atoms with Crippen molar-refractivity contribution in [2.75, 3.05) is 20.2 Å². The third kappa shape index (κ3) is 4.70. The first-order valence-corrected chi connectivity index (χ1v) is 9.04. The molecule has 2 aromatic carbocycles. The zero-order valence-electron chi connectivity index (χ0n) is 15.1. The zero-order chi connectivity index (χ0) is 18.2. The van der Waals surface area contributed by atoms with Gasteiger partial charge in [0.15, 0.2) is 0 Å². The highest BCUT2D eigenvalue weighted by Gasteiger charge is 2.28. The van der Waals surface area contributed by atoms with Crippen LogP contribution in [0.4, 0.5) is 0 Å². The molecule has 1 fully saturated rings. The van der Waals surface area contributed by atoms with E-state index in [0.717, 1.165) is 42.8 Å². The summed E-state index contributed by atoms with van der Waals surface area (Å²) in [4.78, 5) is 15.1. The first kappa shape index (κ1) is 18.1. The lowest BCUT2D eigenvalue weighted by Gasteiger charge is -2.33. The minimum atomic E-state index is -0.301. The van der Waals surface area contributed by atoms with Gasteiger partial charge in [0, 0.05) is 0 Å². The molecule has 1 N–H and O–H groups in total. The number of likely N-dealkylation sites (tertiary alicyclic amines) is 1. The Kier molecular flexibility index (Phi) is 6.39. The molecule has 1 amide bonds. The summed E-state index contributed by atoms with van der Waals surface area (Å²) in [5, 5.41) is 4.15. The van der Waals surface area contributed by atoms with E-state index in [4.69, 9.17) is 4.74 Å². The van der Waals surface area contributed by atoms with Crippen LogP contribution in [0.15, 0.2) is 59.7 Å². The first-order valence-electron chi connectivity index (χ1n) is 9.04. The van der Waals surface area contributed by atoms with Gasteiger partial charge < -0.3 is 4.74 Å². The molecule has 26 heavy (non-hydrogen) atoms. The van der Waals surface area contributed by atoms with Crippen molar-refractivity contribution in [1.82, 2.24) is 10.3 Å². The van der Waals surface area contributed by atoms with Crippen LogP contribution in [0.1, 0.15) is 36.4 Å². The molecule has 5 heteroatoms. The number of nitrogens with zero attached hydrogens (tertiary/aromatic N) is 2. The molecular formula is C21H25N3O2. The van der Waals surface area contributed by atoms with Crippen LogP contribution in [0.3, 0.4) is 0 Å². The SMILES string of the molecule is COc1ccc(/C=N/NC(=O)[C@H](c2ccccc2)N2CCCCC2)cc1. The Morgan fingerprint density at radius 2 is 1.77 bits per heavy atom. The molecule has 0 unspecified atom stereocenters. The second kappa shape index (κ2) is 9.15. The van der Waals surface area contributed by atoms with Crippen molar-refractivity contribution in [3.63, 3.8) is 0 Å². The number of benzene rings is 2. The summed E-state index contributed by atoms with van der Waals surface area (Å²) in [5.41, 5.74) is 4.62. The van der Waals surface area contributed by atoms with Gasteiger partial charge in [0.2, 0.25) is 0 Å². The van der Waals surface area contributed by atoms with Crippen LogP contribution in [-0.2, 0) is 4.79 Å². The molecule has 1 atom stereocenters. The van der Waals surface area contributed by atoms with E-state index in [2.05, 4.69) is 15.4 Å². The molecule has 2 aromatic rings. The molecule has 136 valence electrons. The summed E-state index contributed by atoms with van der Waals surface area (Å²) in [7, 11) is 1.63. The maximum atomic E-state index is 12.8. The number of methoxy groups -OCH3 is 1. The Morgan fingerprint density at radius 1 is 1.08 bits per heavy atom. The number of hydrogen-bond donors (Lipinski definition) is 1. The lowest BCUT2D eigenvalue weighted by atomic mass is 10.0. The number of carbonyl (C=O) groups excluding carboxylic acids is 1. The number of amides is 1. The fraction of sp³-hybridized carbons (Fsp3) is 0.333. The Balaban J connectivity index is 1.69. The number of nitrogens with one attached hydrogen (secondary N) is 1. The summed E-state index contributed by atoms with van der Waals surface area (Å²) in [5.74, 6) is 0.697. The fourth-order valence-corrected chi connectivity index (χ4v) is 3.26. The largest absolute Gasteiger partial charge is 0.497 e. The number of carbonyl (C=O) groups is 1. The minimum absolute atomic E-state index is 0.0946. The maximum Gasteiger partial charge on any atom is 0.262 e. The zero-order valence-corrected chi connectivity index (χ0v) is 15.1. The Bertz CT molecular complexity index is 723. The van der Waals surface area contributed by atoms with Gasteiger partial charge in [0.1, 0.15) is 11.8 Å². The van der Waals surface area contributed by atoms with E-state index in [9.17, 15) is 4.79 Å². The molecule has 0 radical (unpaired) electrons. The van der Waals surface area contributed by atoms with Gasteiger partial charge in [-0.2, -0.15) is 5.10 Å². The summed E-state index contributed by atoms with van der Waals surface area (Å²) in [6.45, 7) is 1.88. The molecule has 0 bridgehead atoms. The van der Waals surface area contributed by atoms with Crippen LogP contribution < -0.4 is 10.2 Å². The van der Waals surface area contributed by atoms with Gasteiger partial charge in [-0.1, -0.05) is 36.8 Å². The van der Waals surface area contributed by atoms with Gasteiger partial charge in [-0.15, -0.1) is 0 Å². The van der Waals surface area contributed by atoms with Gasteiger partial charge in [0.05, 0.1) is 13.3 Å². The van der Waals surface area contributed by atoms with E-state index in [1.165, 1.54) is 6.42 Å². The van der Waals surface area contributed by atoms with Crippen molar-refractivity contribution < 1.29 is 9.53 Å². The third-order valence-corrected chi connectivity index (χ3v) is 4.62. The quantitative estimate of drug-likeness (QED) is 0.641. The van der Waals surface area contributed by atoms with E-state index in [0.29, 0.717) is 0 Å². The van der Waals surface area contributed by atoms with Gasteiger partial charge in [-0.05, 0) is 61.3 Å². The summed E-state index contributed by atoms with van der Waals surface area (Å²) >= 11 is 0. The molecular weight excluding hydrogens is 326 g/mol. The van der Waals surface area contributed by atoms with Crippen LogP contribution in [0.25, 0.3) is 0 Å². The van der Waals surface area contributed by atoms with Crippen molar-refractivity contribution in [2.24, 2.45) is 5.10 Å². The Labute approximate surface area is 154 Å². The fourth-order valence-electron chi connectivity index (χ4n) is 3.26. The molecule has 3 rings (SSSR count). The highest BCUT2D eigenvalue weighted by molar-refractivity contribution is 5.85. The molecule has 5 nitrogen and oxygen atoms in total. The second-order valence-corrected chi connectivity index (χ2v) is 6.42. The van der Waals surface area contributed by atoms with Gasteiger partial charge in [0.25, 0.3) is 5.91 Å². The van der Waals surface area contributed by atoms with Gasteiger partial charge in [-0.25, -0.2) is 5.43 Å². The van der Waals surface area contributed by atoms with Crippen molar-refractivity contribution in [3.05, 3.63) is 65.7 Å². The molecule has 0 aliphatic carbocycles. The number of rotatable bonds is 6. The lowest BCUT2D eigenvalue weighted by molar-refractivity contribution is -0.127. The highest BCUT2D eigenvalue weighted by Crippen LogP contribution is 2.24. The molecule has 1 saturated heterocycles. The van der Waals surface area contributed by atoms with Crippen LogP contribution >= 0.6 is 0 Å². The van der Waals surface area contributed by atoms with E-state index >= 15 is 0 Å². The third-order valence-electron chi connectivity index (χ3n) is 4.62. The molecule has 0 saturated carbocycles. The van der Waals surface area contributed by atoms with Crippen molar-refractivity contribution >= 4 is 12.1 Å². The maximum absolute atomic E-state index is 12.8. The van der Waals surface area contributed by atoms with E-state index < -0.39 is 0 Å². The summed E-state index contributed by atoms with van der Waals surface area (Å²) in [6.07, 6.45) is 5.14. The highest BCUT2D eigenvalue weighted by atomic mass is 16.5. The smallest absolute Gasteiger partial charge is 0.262 e. The molecule has 1 aliphatic heterocycles. The first-order chi connectivity index (χ1) is 12.8. The second-order valence-electron chi connectivity index (χ2n) is 6.42. The average Bonchev–Trinajstić information content (AvgIpc) is 2.70. The number of hydrazone groups is 1. The van der Waals surface area contributed by atoms with Crippen molar-refractivity contribution in [1.29, 1.82) is 0 Å².